The maximum atomic E-state index is 12.7. The summed E-state index contributed by atoms with van der Waals surface area (Å²) in [5.41, 5.74) is 0.880. The quantitative estimate of drug-likeness (QED) is 0.108. The standard InChI is InChI=1S/C33H57N2O5/c1-4-6-7-8-9-10-11-12-13-14-15-16-17-20-25-38-27-31-22-23-32(40-31)28-39-33(37)35(29(3)36)26-30-21-18-19-24-34(30)5-2/h18-19,21,24,31-32H,4-17,20,22-23,25-28H2,1-3H3/q+1/t31-,32+/m1/s1. The molecule has 0 N–H and O–H groups in total. The van der Waals surface area contributed by atoms with Gasteiger partial charge >= 0.3 is 6.09 Å². The average Bonchev–Trinajstić information content (AvgIpc) is 3.42. The molecule has 0 aliphatic carbocycles. The minimum atomic E-state index is -0.625. The molecule has 0 saturated carbocycles. The predicted octanol–water partition coefficient (Wildman–Crippen LogP) is 7.52. The lowest BCUT2D eigenvalue weighted by atomic mass is 10.0. The van der Waals surface area contributed by atoms with Crippen LogP contribution in [0.1, 0.15) is 129 Å². The van der Waals surface area contributed by atoms with Crippen LogP contribution >= 0.6 is 0 Å². The Morgan fingerprint density at radius 2 is 1.43 bits per heavy atom. The number of carbonyl (C=O) groups is 2. The molecule has 1 saturated heterocycles. The van der Waals surface area contributed by atoms with Crippen molar-refractivity contribution in [2.24, 2.45) is 0 Å². The highest BCUT2D eigenvalue weighted by atomic mass is 16.6. The normalized spacial score (nSPS) is 16.8. The van der Waals surface area contributed by atoms with Crippen LogP contribution in [0.15, 0.2) is 24.4 Å². The average molecular weight is 562 g/mol. The first-order valence-electron chi connectivity index (χ1n) is 16.2. The summed E-state index contributed by atoms with van der Waals surface area (Å²) in [5, 5.41) is 0. The van der Waals surface area contributed by atoms with Crippen molar-refractivity contribution in [2.45, 2.75) is 149 Å². The number of ether oxygens (including phenoxy) is 3. The van der Waals surface area contributed by atoms with Crippen LogP contribution in [0.2, 0.25) is 0 Å². The third-order valence-electron chi connectivity index (χ3n) is 7.83. The molecule has 2 amide bonds. The number of pyridine rings is 1. The first-order valence-corrected chi connectivity index (χ1v) is 16.2. The van der Waals surface area contributed by atoms with Crippen LogP contribution in [-0.2, 0) is 32.1 Å². The topological polar surface area (TPSA) is 69.0 Å². The Bertz CT molecular complexity index is 818. The fourth-order valence-electron chi connectivity index (χ4n) is 5.31. The van der Waals surface area contributed by atoms with Crippen molar-refractivity contribution in [2.75, 3.05) is 19.8 Å². The van der Waals surface area contributed by atoms with Crippen molar-refractivity contribution in [3.05, 3.63) is 30.1 Å². The predicted molar refractivity (Wildman–Crippen MR) is 159 cm³/mol. The Kier molecular flexibility index (Phi) is 18.6. The number of aryl methyl sites for hydroxylation is 1. The molecule has 0 bridgehead atoms. The molecule has 1 fully saturated rings. The van der Waals surface area contributed by atoms with E-state index in [4.69, 9.17) is 14.2 Å². The minimum Gasteiger partial charge on any atom is -0.446 e. The van der Waals surface area contributed by atoms with Crippen LogP contribution in [-0.4, -0.2) is 48.9 Å². The number of hydrogen-bond acceptors (Lipinski definition) is 5. The summed E-state index contributed by atoms with van der Waals surface area (Å²) in [6.07, 6.45) is 21.9. The first-order chi connectivity index (χ1) is 19.5. The van der Waals surface area contributed by atoms with Crippen molar-refractivity contribution in [1.82, 2.24) is 4.90 Å². The molecule has 228 valence electrons. The Morgan fingerprint density at radius 3 is 2.00 bits per heavy atom. The number of carbonyl (C=O) groups excluding carboxylic acids is 2. The second-order valence-electron chi connectivity index (χ2n) is 11.3. The molecule has 2 atom stereocenters. The van der Waals surface area contributed by atoms with E-state index in [-0.39, 0.29) is 31.3 Å². The Labute approximate surface area is 243 Å². The van der Waals surface area contributed by atoms with Crippen molar-refractivity contribution < 1.29 is 28.4 Å². The van der Waals surface area contributed by atoms with E-state index in [1.807, 2.05) is 35.9 Å². The number of unbranched alkanes of at least 4 members (excludes halogenated alkanes) is 13. The van der Waals surface area contributed by atoms with Crippen LogP contribution in [0.3, 0.4) is 0 Å². The van der Waals surface area contributed by atoms with Crippen LogP contribution in [0.4, 0.5) is 4.79 Å². The molecule has 0 unspecified atom stereocenters. The van der Waals surface area contributed by atoms with E-state index >= 15 is 0 Å². The lowest BCUT2D eigenvalue weighted by Gasteiger charge is -2.19. The summed E-state index contributed by atoms with van der Waals surface area (Å²) < 4.78 is 19.4. The Hall–Kier alpha value is -1.99. The van der Waals surface area contributed by atoms with Gasteiger partial charge in [0.25, 0.3) is 0 Å². The second-order valence-corrected chi connectivity index (χ2v) is 11.3. The lowest BCUT2D eigenvalue weighted by molar-refractivity contribution is -0.701. The van der Waals surface area contributed by atoms with Crippen molar-refractivity contribution in [3.63, 3.8) is 0 Å². The maximum absolute atomic E-state index is 12.7. The summed E-state index contributed by atoms with van der Waals surface area (Å²) in [7, 11) is 0. The van der Waals surface area contributed by atoms with Crippen LogP contribution in [0.5, 0.6) is 0 Å². The molecule has 40 heavy (non-hydrogen) atoms. The van der Waals surface area contributed by atoms with Gasteiger partial charge in [0.1, 0.15) is 19.7 Å². The van der Waals surface area contributed by atoms with E-state index in [0.29, 0.717) is 6.61 Å². The van der Waals surface area contributed by atoms with E-state index in [9.17, 15) is 9.59 Å². The zero-order valence-electron chi connectivity index (χ0n) is 25.7. The van der Waals surface area contributed by atoms with Crippen molar-refractivity contribution in [1.29, 1.82) is 0 Å². The van der Waals surface area contributed by atoms with Crippen molar-refractivity contribution in [3.8, 4) is 0 Å². The number of amides is 2. The molecule has 1 aliphatic rings. The van der Waals surface area contributed by atoms with Gasteiger partial charge in [-0.25, -0.2) is 14.3 Å². The van der Waals surface area contributed by atoms with Gasteiger partial charge in [0.2, 0.25) is 11.6 Å². The Morgan fingerprint density at radius 1 is 0.850 bits per heavy atom. The van der Waals surface area contributed by atoms with Gasteiger partial charge in [-0.15, -0.1) is 0 Å². The number of nitrogens with zero attached hydrogens (tertiary/aromatic N) is 2. The maximum Gasteiger partial charge on any atom is 0.417 e. The third-order valence-corrected chi connectivity index (χ3v) is 7.83. The number of hydrogen-bond donors (Lipinski definition) is 0. The molecular formula is C33H57N2O5+. The van der Waals surface area contributed by atoms with E-state index in [0.717, 1.165) is 43.0 Å². The van der Waals surface area contributed by atoms with Crippen LogP contribution < -0.4 is 4.57 Å². The second kappa shape index (κ2) is 21.7. The molecule has 7 nitrogen and oxygen atoms in total. The first kappa shape index (κ1) is 34.2. The zero-order valence-corrected chi connectivity index (χ0v) is 25.7. The molecule has 7 heteroatoms. The lowest BCUT2D eigenvalue weighted by Crippen LogP contribution is -2.43. The van der Waals surface area contributed by atoms with Gasteiger partial charge in [0.05, 0.1) is 18.8 Å². The molecule has 2 heterocycles. The third kappa shape index (κ3) is 14.6. The number of imide groups is 1. The molecule has 1 aliphatic heterocycles. The summed E-state index contributed by atoms with van der Waals surface area (Å²) in [6, 6.07) is 5.75. The number of rotatable bonds is 22. The molecule has 2 rings (SSSR count). The molecule has 0 radical (unpaired) electrons. The molecule has 0 aromatic carbocycles. The van der Waals surface area contributed by atoms with Gasteiger partial charge in [0, 0.05) is 25.7 Å². The summed E-state index contributed by atoms with van der Waals surface area (Å²) in [6.45, 7) is 8.16. The van der Waals surface area contributed by atoms with Gasteiger partial charge in [-0.3, -0.25) is 4.79 Å². The van der Waals surface area contributed by atoms with Gasteiger partial charge in [-0.1, -0.05) is 96.5 Å². The van der Waals surface area contributed by atoms with Gasteiger partial charge in [-0.05, 0) is 26.2 Å². The highest BCUT2D eigenvalue weighted by Crippen LogP contribution is 2.21. The summed E-state index contributed by atoms with van der Waals surface area (Å²) >= 11 is 0. The van der Waals surface area contributed by atoms with Gasteiger partial charge in [-0.2, -0.15) is 0 Å². The van der Waals surface area contributed by atoms with E-state index in [1.165, 1.54) is 90.4 Å². The fourth-order valence-corrected chi connectivity index (χ4v) is 5.31. The summed E-state index contributed by atoms with van der Waals surface area (Å²) in [5.74, 6) is -0.335. The van der Waals surface area contributed by atoms with Crippen LogP contribution in [0, 0.1) is 0 Å². The minimum absolute atomic E-state index is 0.0482. The zero-order chi connectivity index (χ0) is 28.8. The van der Waals surface area contributed by atoms with E-state index < -0.39 is 6.09 Å². The fraction of sp³-hybridized carbons (Fsp3) is 0.788. The van der Waals surface area contributed by atoms with E-state index in [2.05, 4.69) is 6.92 Å². The molecule has 0 spiro atoms. The number of aromatic nitrogens is 1. The monoisotopic (exact) mass is 561 g/mol. The SMILES string of the molecule is CCCCCCCCCCCCCCCCOC[C@H]1CC[C@@H](COC(=O)N(Cc2cccc[n+]2CC)C(C)=O)O1. The van der Waals surface area contributed by atoms with Gasteiger partial charge < -0.3 is 14.2 Å². The smallest absolute Gasteiger partial charge is 0.417 e. The van der Waals surface area contributed by atoms with Gasteiger partial charge in [0.15, 0.2) is 6.20 Å². The Balaban J connectivity index is 1.46. The molecule has 1 aromatic rings. The highest BCUT2D eigenvalue weighted by Gasteiger charge is 2.29. The molecular weight excluding hydrogens is 504 g/mol. The van der Waals surface area contributed by atoms with Crippen LogP contribution in [0.25, 0.3) is 0 Å². The summed E-state index contributed by atoms with van der Waals surface area (Å²) in [4.78, 5) is 25.9. The largest absolute Gasteiger partial charge is 0.446 e. The highest BCUT2D eigenvalue weighted by molar-refractivity contribution is 5.90. The van der Waals surface area contributed by atoms with Crippen molar-refractivity contribution >= 4 is 12.0 Å². The molecule has 1 aromatic heterocycles. The van der Waals surface area contributed by atoms with E-state index in [1.54, 1.807) is 0 Å².